The number of hydrogen-bond donors (Lipinski definition) is 0. The Morgan fingerprint density at radius 1 is 0.617 bits per heavy atom. The number of nitrogens with zero attached hydrogens (tertiary/aromatic N) is 3. The topological polar surface area (TPSA) is 39.4 Å². The predicted octanol–water partition coefficient (Wildman–Crippen LogP) is 13.7. The van der Waals surface area contributed by atoms with E-state index in [4.69, 9.17) is 14.7 Å². The van der Waals surface area contributed by atoms with Crippen LogP contribution in [0.3, 0.4) is 0 Å². The summed E-state index contributed by atoms with van der Waals surface area (Å²) in [6.45, 7) is 29.9. The molecule has 60 heavy (non-hydrogen) atoms. The van der Waals surface area contributed by atoms with Crippen LogP contribution in [-0.4, -0.2) is 21.0 Å². The molecular formula is C55H57N3OPt. The summed E-state index contributed by atoms with van der Waals surface area (Å²) in [4.78, 5) is 10.5. The summed E-state index contributed by atoms with van der Waals surface area (Å²) in [6.07, 6.45) is 1.92. The second-order valence-electron chi connectivity index (χ2n) is 20.9. The number of fused-ring (bicyclic) bond motifs is 6. The van der Waals surface area contributed by atoms with Gasteiger partial charge in [0.25, 0.3) is 0 Å². The average molecular weight is 971 g/mol. The molecule has 2 aromatic heterocycles. The van der Waals surface area contributed by atoms with E-state index in [2.05, 4.69) is 210 Å². The number of rotatable bonds is 4. The molecule has 0 fully saturated rings. The molecule has 0 saturated carbocycles. The second-order valence-corrected chi connectivity index (χ2v) is 20.9. The van der Waals surface area contributed by atoms with Crippen LogP contribution in [0.5, 0.6) is 0 Å². The van der Waals surface area contributed by atoms with Crippen LogP contribution in [0.4, 0.5) is 0 Å². The van der Waals surface area contributed by atoms with Crippen molar-refractivity contribution in [3.63, 3.8) is 0 Å². The fourth-order valence-electron chi connectivity index (χ4n) is 9.68. The Hall–Kier alpha value is -4.79. The molecule has 2 atom stereocenters. The van der Waals surface area contributed by atoms with Crippen LogP contribution >= 0.6 is 0 Å². The Labute approximate surface area is 371 Å². The van der Waals surface area contributed by atoms with E-state index < -0.39 is 11.1 Å². The third-order valence-corrected chi connectivity index (χ3v) is 13.6. The number of aromatic nitrogens is 2. The monoisotopic (exact) mass is 970 g/mol. The molecule has 1 aliphatic heterocycles. The van der Waals surface area contributed by atoms with Gasteiger partial charge in [0, 0.05) is 22.7 Å². The molecule has 0 spiro atoms. The maximum atomic E-state index is 7.41. The van der Waals surface area contributed by atoms with Crippen LogP contribution < -0.4 is 0 Å². The molecule has 5 aromatic carbocycles. The van der Waals surface area contributed by atoms with E-state index in [1.165, 1.54) is 27.8 Å². The molecule has 0 N–H and O–H groups in total. The summed E-state index contributed by atoms with van der Waals surface area (Å²) in [5, 5.41) is 2.29. The molecule has 5 heteroatoms. The fraction of sp³-hybridized carbons (Fsp3) is 0.345. The number of ether oxygens (including phenoxy) is 1. The first-order valence-electron chi connectivity index (χ1n) is 21.2. The zero-order valence-corrected chi connectivity index (χ0v) is 39.7. The molecule has 0 amide bonds. The van der Waals surface area contributed by atoms with Crippen LogP contribution in [-0.2, 0) is 53.1 Å². The Balaban J connectivity index is 0.00000499. The summed E-state index contributed by atoms with van der Waals surface area (Å²) in [6, 6.07) is 45.0. The summed E-state index contributed by atoms with van der Waals surface area (Å²) in [7, 11) is 0. The van der Waals surface area contributed by atoms with E-state index in [9.17, 15) is 0 Å². The standard InChI is InChI=1S/C55H57N3O.Pt/c1-50(2,3)38-25-26-56-45(33-38)35-23-24-42-41-21-17-18-22-46(41)58(47(42)30-35)40-28-36(34-19-15-14-16-20-34)27-37(29-40)49-57-55(13)53(10,11)48-43(52(7,8)9)31-39(51(4,5)6)32-44(48)54(55,12)59-49;/h14-28,31-33H,1-13H3;/q-2;+2/t54-,55+;/m0./s1. The number of benzene rings is 5. The molecule has 9 rings (SSSR count). The van der Waals surface area contributed by atoms with Crippen molar-refractivity contribution >= 4 is 27.7 Å². The first kappa shape index (κ1) is 41.9. The van der Waals surface area contributed by atoms with Gasteiger partial charge in [-0.2, -0.15) is 0 Å². The Bertz CT molecular complexity index is 2860. The minimum atomic E-state index is -0.705. The number of para-hydroxylation sites is 1. The zero-order chi connectivity index (χ0) is 42.1. The molecule has 0 radical (unpaired) electrons. The van der Waals surface area contributed by atoms with Crippen molar-refractivity contribution in [2.24, 2.45) is 4.99 Å². The molecule has 0 saturated heterocycles. The molecule has 7 aromatic rings. The van der Waals surface area contributed by atoms with Crippen molar-refractivity contribution < 1.29 is 25.8 Å². The number of pyridine rings is 1. The summed E-state index contributed by atoms with van der Waals surface area (Å²) in [5.74, 6) is 0.625. The van der Waals surface area contributed by atoms with Crippen molar-refractivity contribution in [3.8, 4) is 28.1 Å². The molecule has 2 aliphatic rings. The Morgan fingerprint density at radius 3 is 1.98 bits per heavy atom. The maximum absolute atomic E-state index is 7.41. The van der Waals surface area contributed by atoms with Gasteiger partial charge in [0.05, 0.1) is 0 Å². The number of hydrogen-bond acceptors (Lipinski definition) is 3. The van der Waals surface area contributed by atoms with E-state index in [0.717, 1.165) is 55.4 Å². The van der Waals surface area contributed by atoms with Crippen LogP contribution in [0.2, 0.25) is 0 Å². The van der Waals surface area contributed by atoms with Gasteiger partial charge in [0.15, 0.2) is 0 Å². The van der Waals surface area contributed by atoms with Crippen molar-refractivity contribution in [1.29, 1.82) is 0 Å². The second kappa shape index (κ2) is 13.9. The molecular weight excluding hydrogens is 914 g/mol. The van der Waals surface area contributed by atoms with E-state index in [1.807, 2.05) is 6.20 Å². The SMILES string of the molecule is CC(C)(C)c1ccnc(-c2[c-]c3c(cc2)c2ccccc2n3-c2[c-]c(C3=N[C@]4(C)C(C)(C)c5c(C(C)(C)C)cc(C(C)(C)C)cc5[C@]4(C)O3)cc(-c3ccccc3)c2)c1.[Pt+2]. The van der Waals surface area contributed by atoms with E-state index in [0.29, 0.717) is 5.90 Å². The van der Waals surface area contributed by atoms with Gasteiger partial charge < -0.3 is 14.3 Å². The molecule has 308 valence electrons. The van der Waals surface area contributed by atoms with Gasteiger partial charge in [0.2, 0.25) is 0 Å². The van der Waals surface area contributed by atoms with Crippen LogP contribution in [0.25, 0.3) is 49.9 Å². The van der Waals surface area contributed by atoms with Gasteiger partial charge in [-0.1, -0.05) is 159 Å². The minimum absolute atomic E-state index is 0. The van der Waals surface area contributed by atoms with E-state index >= 15 is 0 Å². The van der Waals surface area contributed by atoms with E-state index in [-0.39, 0.29) is 42.7 Å². The average Bonchev–Trinajstić information content (AvgIpc) is 3.72. The van der Waals surface area contributed by atoms with Crippen molar-refractivity contribution in [3.05, 3.63) is 155 Å². The van der Waals surface area contributed by atoms with Gasteiger partial charge in [-0.05, 0) is 92.3 Å². The van der Waals surface area contributed by atoms with Crippen molar-refractivity contribution in [2.75, 3.05) is 0 Å². The molecule has 0 unspecified atom stereocenters. The minimum Gasteiger partial charge on any atom is -0.508 e. The molecule has 3 heterocycles. The van der Waals surface area contributed by atoms with Crippen LogP contribution in [0.1, 0.15) is 123 Å². The van der Waals surface area contributed by atoms with Gasteiger partial charge in [-0.15, -0.1) is 42.0 Å². The smallest absolute Gasteiger partial charge is 0.508 e. The largest absolute Gasteiger partial charge is 2.00 e. The summed E-state index contributed by atoms with van der Waals surface area (Å²) < 4.78 is 9.71. The Kier molecular flexibility index (Phi) is 9.69. The summed E-state index contributed by atoms with van der Waals surface area (Å²) in [5.41, 5.74) is 12.7. The quantitative estimate of drug-likeness (QED) is 0.165. The van der Waals surface area contributed by atoms with Crippen LogP contribution in [0.15, 0.2) is 114 Å². The molecule has 1 aliphatic carbocycles. The predicted molar refractivity (Wildman–Crippen MR) is 246 cm³/mol. The van der Waals surface area contributed by atoms with Gasteiger partial charge >= 0.3 is 21.1 Å². The summed E-state index contributed by atoms with van der Waals surface area (Å²) >= 11 is 0. The third-order valence-electron chi connectivity index (χ3n) is 13.6. The van der Waals surface area contributed by atoms with Gasteiger partial charge in [0.1, 0.15) is 17.0 Å². The van der Waals surface area contributed by atoms with Crippen molar-refractivity contribution in [1.82, 2.24) is 9.55 Å². The fourth-order valence-corrected chi connectivity index (χ4v) is 9.68. The molecule has 0 bridgehead atoms. The van der Waals surface area contributed by atoms with Gasteiger partial charge in [-0.25, -0.2) is 0 Å². The van der Waals surface area contributed by atoms with Gasteiger partial charge in [-0.3, -0.25) is 4.99 Å². The van der Waals surface area contributed by atoms with Crippen LogP contribution in [0, 0.1) is 12.1 Å². The third kappa shape index (κ3) is 6.34. The first-order chi connectivity index (χ1) is 27.6. The molecule has 4 nitrogen and oxygen atoms in total. The maximum Gasteiger partial charge on any atom is 2.00 e. The zero-order valence-electron chi connectivity index (χ0n) is 37.5. The Morgan fingerprint density at radius 2 is 1.30 bits per heavy atom. The first-order valence-corrected chi connectivity index (χ1v) is 21.2. The van der Waals surface area contributed by atoms with Crippen molar-refractivity contribution in [2.45, 2.75) is 123 Å². The van der Waals surface area contributed by atoms with E-state index in [1.54, 1.807) is 0 Å². The normalized spacial score (nSPS) is 19.8. The number of aliphatic imine (C=N–C) groups is 1.